The van der Waals surface area contributed by atoms with Gasteiger partial charge in [-0.15, -0.1) is 5.53 Å². The molecule has 3 N–H and O–H groups in total. The van der Waals surface area contributed by atoms with Crippen molar-refractivity contribution >= 4 is 23.1 Å². The topological polar surface area (TPSA) is 72.8 Å². The number of para-hydroxylation sites is 1. The van der Waals surface area contributed by atoms with Gasteiger partial charge in [0, 0.05) is 5.39 Å². The third kappa shape index (κ3) is 1.32. The molecule has 0 fully saturated rings. The summed E-state index contributed by atoms with van der Waals surface area (Å²) in [6, 6.07) is 9.04. The summed E-state index contributed by atoms with van der Waals surface area (Å²) in [5.74, 6) is 0.825. The lowest BCUT2D eigenvalue weighted by molar-refractivity contribution is 0.480. The van der Waals surface area contributed by atoms with E-state index >= 15 is 0 Å². The minimum absolute atomic E-state index is 0.170. The minimum atomic E-state index is 0.170. The van der Waals surface area contributed by atoms with Gasteiger partial charge in [-0.25, -0.2) is 15.5 Å². The number of rotatable bonds is 1. The van der Waals surface area contributed by atoms with Gasteiger partial charge >= 0.3 is 0 Å². The summed E-state index contributed by atoms with van der Waals surface area (Å²) in [5, 5.41) is 16.0. The van der Waals surface area contributed by atoms with Gasteiger partial charge in [0.15, 0.2) is 5.82 Å². The number of nitrogens with one attached hydrogen (secondary N) is 2. The number of phenols is 1. The van der Waals surface area contributed by atoms with E-state index in [9.17, 15) is 5.11 Å². The fourth-order valence-corrected chi connectivity index (χ4v) is 1.57. The summed E-state index contributed by atoms with van der Waals surface area (Å²) in [4.78, 5) is 4.34. The van der Waals surface area contributed by atoms with Crippen LogP contribution in [0, 0.1) is 0 Å². The van der Waals surface area contributed by atoms with Crippen molar-refractivity contribution in [3.8, 4) is 5.75 Å². The first-order chi connectivity index (χ1) is 7.84. The predicted octanol–water partition coefficient (Wildman–Crippen LogP) is 0.713. The van der Waals surface area contributed by atoms with Gasteiger partial charge in [0.1, 0.15) is 17.6 Å². The maximum absolute atomic E-state index is 9.69. The second kappa shape index (κ2) is 3.35. The summed E-state index contributed by atoms with van der Waals surface area (Å²) < 4.78 is 0. The first-order valence-electron chi connectivity index (χ1n) is 4.76. The molecule has 0 spiro atoms. The van der Waals surface area contributed by atoms with E-state index in [2.05, 4.69) is 21.2 Å². The Kier molecular flexibility index (Phi) is 1.87. The molecule has 6 nitrogen and oxygen atoms in total. The Morgan fingerprint density at radius 1 is 1.19 bits per heavy atom. The minimum Gasteiger partial charge on any atom is -0.506 e. The quantitative estimate of drug-likeness (QED) is 0.653. The number of hydrazine groups is 2. The van der Waals surface area contributed by atoms with Crippen LogP contribution >= 0.6 is 0 Å². The van der Waals surface area contributed by atoms with Crippen LogP contribution in [0.25, 0.3) is 10.9 Å². The molecule has 1 aromatic heterocycles. The van der Waals surface area contributed by atoms with E-state index in [-0.39, 0.29) is 5.75 Å². The van der Waals surface area contributed by atoms with Crippen molar-refractivity contribution in [1.82, 2.24) is 16.1 Å². The molecule has 1 aliphatic heterocycles. The highest BCUT2D eigenvalue weighted by molar-refractivity contribution is 5.87. The second-order valence-corrected chi connectivity index (χ2v) is 3.36. The molecule has 0 unspecified atom stereocenters. The zero-order chi connectivity index (χ0) is 11.0. The Bertz CT molecular complexity index is 568. The molecule has 16 heavy (non-hydrogen) atoms. The fraction of sp³-hybridized carbons (Fsp3) is 0. The highest BCUT2D eigenvalue weighted by atomic mass is 16.3. The van der Waals surface area contributed by atoms with E-state index in [1.165, 1.54) is 0 Å². The number of aromatic hydroxyl groups is 1. The number of benzene rings is 1. The number of hydrazone groups is 1. The number of pyridine rings is 1. The van der Waals surface area contributed by atoms with E-state index in [1.54, 1.807) is 23.5 Å². The lowest BCUT2D eigenvalue weighted by Gasteiger charge is -2.12. The Balaban J connectivity index is 2.14. The van der Waals surface area contributed by atoms with Crippen molar-refractivity contribution in [2.45, 2.75) is 0 Å². The van der Waals surface area contributed by atoms with Crippen LogP contribution in [-0.2, 0) is 0 Å². The van der Waals surface area contributed by atoms with Gasteiger partial charge in [-0.1, -0.05) is 12.1 Å². The zero-order valence-corrected chi connectivity index (χ0v) is 8.25. The third-order valence-electron chi connectivity index (χ3n) is 2.34. The molecule has 0 aliphatic carbocycles. The van der Waals surface area contributed by atoms with Crippen LogP contribution in [0.5, 0.6) is 5.75 Å². The van der Waals surface area contributed by atoms with Crippen molar-refractivity contribution in [3.05, 3.63) is 30.3 Å². The van der Waals surface area contributed by atoms with E-state index < -0.39 is 0 Å². The summed E-state index contributed by atoms with van der Waals surface area (Å²) in [5.41, 5.74) is 5.92. The van der Waals surface area contributed by atoms with Crippen LogP contribution in [0.4, 0.5) is 5.82 Å². The van der Waals surface area contributed by atoms with Gasteiger partial charge in [0.25, 0.3) is 0 Å². The SMILES string of the molecule is Oc1cccc2ccc(N3C=NNN3)nc12. The molecule has 0 amide bonds. The van der Waals surface area contributed by atoms with Crippen molar-refractivity contribution in [2.24, 2.45) is 5.10 Å². The molecule has 6 heteroatoms. The van der Waals surface area contributed by atoms with Crippen molar-refractivity contribution in [1.29, 1.82) is 0 Å². The van der Waals surface area contributed by atoms with E-state index in [0.29, 0.717) is 11.3 Å². The number of aromatic nitrogens is 1. The van der Waals surface area contributed by atoms with Crippen LogP contribution in [0.1, 0.15) is 0 Å². The summed E-state index contributed by atoms with van der Waals surface area (Å²) in [7, 11) is 0. The average Bonchev–Trinajstić information content (AvgIpc) is 2.83. The Hall–Kier alpha value is -2.34. The number of hydrogen-bond donors (Lipinski definition) is 3. The molecular weight excluding hydrogens is 206 g/mol. The van der Waals surface area contributed by atoms with Gasteiger partial charge < -0.3 is 5.11 Å². The Morgan fingerprint density at radius 2 is 2.12 bits per heavy atom. The molecule has 0 radical (unpaired) electrons. The lowest BCUT2D eigenvalue weighted by atomic mass is 10.2. The lowest BCUT2D eigenvalue weighted by Crippen LogP contribution is -2.37. The summed E-state index contributed by atoms with van der Waals surface area (Å²) in [6.45, 7) is 0. The number of fused-ring (bicyclic) bond motifs is 1. The molecule has 0 saturated carbocycles. The molecule has 0 atom stereocenters. The van der Waals surface area contributed by atoms with Crippen molar-refractivity contribution in [2.75, 3.05) is 5.01 Å². The predicted molar refractivity (Wildman–Crippen MR) is 60.7 cm³/mol. The van der Waals surface area contributed by atoms with E-state index in [0.717, 1.165) is 5.39 Å². The Morgan fingerprint density at radius 3 is 2.94 bits per heavy atom. The van der Waals surface area contributed by atoms with Gasteiger partial charge in [0.05, 0.1) is 0 Å². The van der Waals surface area contributed by atoms with Gasteiger partial charge in [-0.2, -0.15) is 5.10 Å². The zero-order valence-electron chi connectivity index (χ0n) is 8.25. The highest BCUT2D eigenvalue weighted by Crippen LogP contribution is 2.24. The number of anilines is 1. The average molecular weight is 215 g/mol. The standard InChI is InChI=1S/C10H9N5O/c16-8-3-1-2-7-4-5-9(12-10(7)8)15-6-11-13-14-15/h1-6,13-14,16H. The van der Waals surface area contributed by atoms with Crippen LogP contribution in [0.3, 0.4) is 0 Å². The molecule has 3 rings (SSSR count). The molecule has 2 aromatic rings. The van der Waals surface area contributed by atoms with Crippen molar-refractivity contribution in [3.63, 3.8) is 0 Å². The van der Waals surface area contributed by atoms with Crippen LogP contribution in [0.15, 0.2) is 35.4 Å². The van der Waals surface area contributed by atoms with Gasteiger partial charge in [0.2, 0.25) is 0 Å². The first kappa shape index (κ1) is 8.93. The molecule has 1 aliphatic rings. The van der Waals surface area contributed by atoms with Gasteiger partial charge in [-0.3, -0.25) is 0 Å². The molecular formula is C10H9N5O. The monoisotopic (exact) mass is 215 g/mol. The van der Waals surface area contributed by atoms with Crippen LogP contribution in [-0.4, -0.2) is 16.4 Å². The molecule has 2 heterocycles. The van der Waals surface area contributed by atoms with Crippen molar-refractivity contribution < 1.29 is 5.11 Å². The van der Waals surface area contributed by atoms with E-state index in [4.69, 9.17) is 0 Å². The maximum atomic E-state index is 9.69. The fourth-order valence-electron chi connectivity index (χ4n) is 1.57. The normalized spacial score (nSPS) is 14.4. The number of phenolic OH excluding ortho intramolecular Hbond substituents is 1. The molecule has 80 valence electrons. The van der Waals surface area contributed by atoms with Crippen LogP contribution in [0.2, 0.25) is 0 Å². The number of nitrogens with zero attached hydrogens (tertiary/aromatic N) is 3. The smallest absolute Gasteiger partial charge is 0.150 e. The largest absolute Gasteiger partial charge is 0.506 e. The van der Waals surface area contributed by atoms with Crippen LogP contribution < -0.4 is 16.1 Å². The highest BCUT2D eigenvalue weighted by Gasteiger charge is 2.10. The molecule has 0 saturated heterocycles. The maximum Gasteiger partial charge on any atom is 0.150 e. The third-order valence-corrected chi connectivity index (χ3v) is 2.34. The first-order valence-corrected chi connectivity index (χ1v) is 4.76. The summed E-state index contributed by atoms with van der Waals surface area (Å²) in [6.07, 6.45) is 1.56. The summed E-state index contributed by atoms with van der Waals surface area (Å²) >= 11 is 0. The molecule has 1 aromatic carbocycles. The Labute approximate surface area is 91.2 Å². The van der Waals surface area contributed by atoms with Gasteiger partial charge in [-0.05, 0) is 18.2 Å². The number of hydrogen-bond acceptors (Lipinski definition) is 6. The van der Waals surface area contributed by atoms with E-state index in [1.807, 2.05) is 18.2 Å². The second-order valence-electron chi connectivity index (χ2n) is 3.36. The molecule has 0 bridgehead atoms.